The van der Waals surface area contributed by atoms with Gasteiger partial charge in [0.1, 0.15) is 0 Å². The third kappa shape index (κ3) is 2.45. The van der Waals surface area contributed by atoms with E-state index in [0.29, 0.717) is 4.90 Å². The first-order valence-electron chi connectivity index (χ1n) is 8.04. The van der Waals surface area contributed by atoms with Gasteiger partial charge < -0.3 is 0 Å². The van der Waals surface area contributed by atoms with E-state index in [1.807, 2.05) is 55.5 Å². The summed E-state index contributed by atoms with van der Waals surface area (Å²) >= 11 is 0. The number of aryl methyl sites for hydroxylation is 1. The molecule has 3 aromatic rings. The van der Waals surface area contributed by atoms with Crippen molar-refractivity contribution in [1.29, 1.82) is 0 Å². The highest BCUT2D eigenvalue weighted by Crippen LogP contribution is 2.45. The molecule has 0 heterocycles. The maximum atomic E-state index is 12.9. The van der Waals surface area contributed by atoms with Gasteiger partial charge in [0.05, 0.1) is 10.6 Å². The van der Waals surface area contributed by atoms with E-state index in [1.165, 1.54) is 0 Å². The van der Waals surface area contributed by atoms with E-state index in [1.54, 1.807) is 12.1 Å². The van der Waals surface area contributed by atoms with Crippen LogP contribution in [0.5, 0.6) is 0 Å². The lowest BCUT2D eigenvalue weighted by molar-refractivity contribution is 0.592. The minimum atomic E-state index is -3.35. The van der Waals surface area contributed by atoms with Crippen molar-refractivity contribution in [2.45, 2.75) is 17.7 Å². The van der Waals surface area contributed by atoms with E-state index in [0.717, 1.165) is 27.8 Å². The highest BCUT2D eigenvalue weighted by atomic mass is 32.2. The number of hydrogen-bond acceptors (Lipinski definition) is 2. The predicted octanol–water partition coefficient (Wildman–Crippen LogP) is 4.58. The van der Waals surface area contributed by atoms with Gasteiger partial charge in [-0.1, -0.05) is 66.2 Å². The molecule has 1 aliphatic carbocycles. The van der Waals surface area contributed by atoms with Crippen molar-refractivity contribution < 1.29 is 8.42 Å². The van der Waals surface area contributed by atoms with E-state index in [-0.39, 0.29) is 11.7 Å². The van der Waals surface area contributed by atoms with Crippen LogP contribution in [-0.4, -0.2) is 14.2 Å². The molecule has 0 N–H and O–H groups in total. The van der Waals surface area contributed by atoms with Gasteiger partial charge in [0.2, 0.25) is 0 Å². The zero-order valence-electron chi connectivity index (χ0n) is 13.4. The Morgan fingerprint density at radius 2 is 1.25 bits per heavy atom. The van der Waals surface area contributed by atoms with Crippen LogP contribution in [0.15, 0.2) is 77.7 Å². The van der Waals surface area contributed by atoms with Crippen LogP contribution in [0.4, 0.5) is 0 Å². The Morgan fingerprint density at radius 3 is 1.79 bits per heavy atom. The highest BCUT2D eigenvalue weighted by molar-refractivity contribution is 7.91. The summed E-state index contributed by atoms with van der Waals surface area (Å²) in [5, 5.41) is 0. The van der Waals surface area contributed by atoms with Gasteiger partial charge in [-0.05, 0) is 41.3 Å². The van der Waals surface area contributed by atoms with Crippen LogP contribution in [0, 0.1) is 6.92 Å². The van der Waals surface area contributed by atoms with E-state index in [4.69, 9.17) is 0 Å². The molecule has 0 aliphatic heterocycles. The summed E-state index contributed by atoms with van der Waals surface area (Å²) in [5.74, 6) is -0.00640. The lowest BCUT2D eigenvalue weighted by Crippen LogP contribution is -2.14. The summed E-state index contributed by atoms with van der Waals surface area (Å²) in [4.78, 5) is 0.398. The average Bonchev–Trinajstić information content (AvgIpc) is 2.90. The summed E-state index contributed by atoms with van der Waals surface area (Å²) in [6.07, 6.45) is 0. The maximum Gasteiger partial charge on any atom is 0.179 e. The van der Waals surface area contributed by atoms with Gasteiger partial charge in [-0.15, -0.1) is 0 Å². The third-order valence-electron chi connectivity index (χ3n) is 4.73. The highest BCUT2D eigenvalue weighted by Gasteiger charge is 2.32. The number of sulfone groups is 1. The van der Waals surface area contributed by atoms with Crippen LogP contribution in [0.25, 0.3) is 11.1 Å². The summed E-state index contributed by atoms with van der Waals surface area (Å²) < 4.78 is 25.8. The van der Waals surface area contributed by atoms with Crippen molar-refractivity contribution in [3.05, 3.63) is 89.5 Å². The Morgan fingerprint density at radius 1 is 0.750 bits per heavy atom. The number of hydrogen-bond donors (Lipinski definition) is 0. The first kappa shape index (κ1) is 15.2. The van der Waals surface area contributed by atoms with Crippen molar-refractivity contribution in [2.24, 2.45) is 0 Å². The number of rotatable bonds is 3. The minimum absolute atomic E-state index is 0.101. The first-order chi connectivity index (χ1) is 11.6. The molecule has 0 amide bonds. The van der Waals surface area contributed by atoms with Gasteiger partial charge in [0.15, 0.2) is 9.84 Å². The first-order valence-corrected chi connectivity index (χ1v) is 9.69. The molecule has 24 heavy (non-hydrogen) atoms. The van der Waals surface area contributed by atoms with Gasteiger partial charge in [0, 0.05) is 5.92 Å². The standard InChI is InChI=1S/C21H18O2S/c1-15-10-12-16(13-11-15)24(22,23)14-21-19-8-4-2-6-17(19)18-7-3-5-9-20(18)21/h2-13,21H,14H2,1H3. The third-order valence-corrected chi connectivity index (χ3v) is 6.49. The van der Waals surface area contributed by atoms with Crippen LogP contribution in [0.1, 0.15) is 22.6 Å². The molecule has 3 aromatic carbocycles. The largest absolute Gasteiger partial charge is 0.224 e. The molecule has 0 radical (unpaired) electrons. The molecular weight excluding hydrogens is 316 g/mol. The Balaban J connectivity index is 1.78. The fourth-order valence-corrected chi connectivity index (χ4v) is 5.04. The second-order valence-corrected chi connectivity index (χ2v) is 8.36. The Hall–Kier alpha value is -2.39. The fourth-order valence-electron chi connectivity index (χ4n) is 3.50. The van der Waals surface area contributed by atoms with Crippen molar-refractivity contribution in [2.75, 3.05) is 5.75 Å². The molecular formula is C21H18O2S. The molecule has 3 heteroatoms. The molecule has 0 aromatic heterocycles. The molecule has 120 valence electrons. The Kier molecular flexibility index (Phi) is 3.54. The average molecular weight is 334 g/mol. The number of fused-ring (bicyclic) bond motifs is 3. The van der Waals surface area contributed by atoms with Gasteiger partial charge >= 0.3 is 0 Å². The molecule has 0 fully saturated rings. The molecule has 0 saturated carbocycles. The monoisotopic (exact) mass is 334 g/mol. The smallest absolute Gasteiger partial charge is 0.179 e. The molecule has 0 saturated heterocycles. The maximum absolute atomic E-state index is 12.9. The molecule has 0 bridgehead atoms. The Bertz CT molecular complexity index is 957. The SMILES string of the molecule is Cc1ccc(S(=O)(=O)CC2c3ccccc3-c3ccccc32)cc1. The van der Waals surface area contributed by atoms with Crippen LogP contribution in [0.2, 0.25) is 0 Å². The molecule has 1 aliphatic rings. The van der Waals surface area contributed by atoms with Crippen molar-refractivity contribution in [3.8, 4) is 11.1 Å². The quantitative estimate of drug-likeness (QED) is 0.702. The minimum Gasteiger partial charge on any atom is -0.224 e. The molecule has 0 unspecified atom stereocenters. The van der Waals surface area contributed by atoms with Crippen molar-refractivity contribution in [1.82, 2.24) is 0 Å². The number of benzene rings is 3. The zero-order chi connectivity index (χ0) is 16.7. The van der Waals surface area contributed by atoms with Crippen LogP contribution in [-0.2, 0) is 9.84 Å². The van der Waals surface area contributed by atoms with E-state index >= 15 is 0 Å². The topological polar surface area (TPSA) is 34.1 Å². The summed E-state index contributed by atoms with van der Waals surface area (Å²) in [7, 11) is -3.35. The summed E-state index contributed by atoms with van der Waals surface area (Å²) in [5.41, 5.74) is 5.57. The van der Waals surface area contributed by atoms with Crippen LogP contribution < -0.4 is 0 Å². The lowest BCUT2D eigenvalue weighted by Gasteiger charge is -2.14. The van der Waals surface area contributed by atoms with E-state index < -0.39 is 9.84 Å². The fraction of sp³-hybridized carbons (Fsp3) is 0.143. The second kappa shape index (κ2) is 5.60. The normalized spacial score (nSPS) is 13.5. The van der Waals surface area contributed by atoms with E-state index in [9.17, 15) is 8.42 Å². The molecule has 2 nitrogen and oxygen atoms in total. The van der Waals surface area contributed by atoms with Crippen molar-refractivity contribution in [3.63, 3.8) is 0 Å². The molecule has 0 atom stereocenters. The Labute approximate surface area is 142 Å². The van der Waals surface area contributed by atoms with Crippen molar-refractivity contribution >= 4 is 9.84 Å². The second-order valence-electron chi connectivity index (χ2n) is 6.32. The van der Waals surface area contributed by atoms with Crippen LogP contribution >= 0.6 is 0 Å². The van der Waals surface area contributed by atoms with Gasteiger partial charge in [-0.25, -0.2) is 8.42 Å². The summed E-state index contributed by atoms with van der Waals surface area (Å²) in [6.45, 7) is 1.96. The van der Waals surface area contributed by atoms with Gasteiger partial charge in [0.25, 0.3) is 0 Å². The molecule has 4 rings (SSSR count). The van der Waals surface area contributed by atoms with Gasteiger partial charge in [-0.3, -0.25) is 0 Å². The van der Waals surface area contributed by atoms with E-state index in [2.05, 4.69) is 12.1 Å². The van der Waals surface area contributed by atoms with Gasteiger partial charge in [-0.2, -0.15) is 0 Å². The summed E-state index contributed by atoms with van der Waals surface area (Å²) in [6, 6.07) is 23.3. The molecule has 0 spiro atoms. The van der Waals surface area contributed by atoms with Crippen LogP contribution in [0.3, 0.4) is 0 Å². The lowest BCUT2D eigenvalue weighted by atomic mass is 9.99. The predicted molar refractivity (Wildman–Crippen MR) is 97.0 cm³/mol. The zero-order valence-corrected chi connectivity index (χ0v) is 14.3.